The molecule has 0 aliphatic carbocycles. The van der Waals surface area contributed by atoms with Crippen LogP contribution >= 0.6 is 0 Å². The van der Waals surface area contributed by atoms with E-state index in [2.05, 4.69) is 44.0 Å². The van der Waals surface area contributed by atoms with Crippen LogP contribution in [0.1, 0.15) is 59.1 Å². The van der Waals surface area contributed by atoms with E-state index in [0.29, 0.717) is 12.0 Å². The van der Waals surface area contributed by atoms with Gasteiger partial charge in [-0.2, -0.15) is 0 Å². The molecule has 0 saturated heterocycles. The highest BCUT2D eigenvalue weighted by molar-refractivity contribution is 5.56. The summed E-state index contributed by atoms with van der Waals surface area (Å²) in [5, 5.41) is 3.18. The molecule has 0 bridgehead atoms. The van der Waals surface area contributed by atoms with E-state index in [1.165, 1.54) is 0 Å². The van der Waals surface area contributed by atoms with Crippen LogP contribution in [0.3, 0.4) is 0 Å². The van der Waals surface area contributed by atoms with Crippen molar-refractivity contribution in [1.29, 1.82) is 0 Å². The first-order valence-electron chi connectivity index (χ1n) is 8.18. The van der Waals surface area contributed by atoms with Crippen LogP contribution < -0.4 is 10.2 Å². The van der Waals surface area contributed by atoms with Crippen LogP contribution in [0.5, 0.6) is 0 Å². The SMILES string of the molecule is CCC(CC)N(CC(C)C)c1cccc(F)c1C(C)NC. The molecule has 0 aromatic heterocycles. The second-order valence-corrected chi connectivity index (χ2v) is 6.20. The predicted octanol–water partition coefficient (Wildman–Crippen LogP) is 4.76. The lowest BCUT2D eigenvalue weighted by Crippen LogP contribution is -2.38. The molecule has 21 heavy (non-hydrogen) atoms. The summed E-state index contributed by atoms with van der Waals surface area (Å²) in [4.78, 5) is 2.40. The largest absolute Gasteiger partial charge is 0.368 e. The normalized spacial score (nSPS) is 13.0. The average molecular weight is 294 g/mol. The maximum Gasteiger partial charge on any atom is 0.130 e. The molecule has 0 aliphatic rings. The van der Waals surface area contributed by atoms with Crippen molar-refractivity contribution < 1.29 is 4.39 Å². The summed E-state index contributed by atoms with van der Waals surface area (Å²) < 4.78 is 14.4. The van der Waals surface area contributed by atoms with Gasteiger partial charge in [0.15, 0.2) is 0 Å². The second kappa shape index (κ2) is 8.38. The Morgan fingerprint density at radius 3 is 2.24 bits per heavy atom. The molecule has 1 atom stereocenters. The van der Waals surface area contributed by atoms with Gasteiger partial charge < -0.3 is 10.2 Å². The Hall–Kier alpha value is -1.09. The number of benzene rings is 1. The topological polar surface area (TPSA) is 15.3 Å². The van der Waals surface area contributed by atoms with Crippen LogP contribution in [0.4, 0.5) is 10.1 Å². The van der Waals surface area contributed by atoms with Gasteiger partial charge in [0.25, 0.3) is 0 Å². The summed E-state index contributed by atoms with van der Waals surface area (Å²) in [6.45, 7) is 11.8. The summed E-state index contributed by atoms with van der Waals surface area (Å²) >= 11 is 0. The van der Waals surface area contributed by atoms with Gasteiger partial charge >= 0.3 is 0 Å². The predicted molar refractivity (Wildman–Crippen MR) is 90.4 cm³/mol. The van der Waals surface area contributed by atoms with E-state index in [4.69, 9.17) is 0 Å². The first-order chi connectivity index (χ1) is 9.96. The molecule has 0 aliphatic heterocycles. The minimum atomic E-state index is -0.117. The Morgan fingerprint density at radius 1 is 1.14 bits per heavy atom. The molecule has 120 valence electrons. The van der Waals surface area contributed by atoms with E-state index in [-0.39, 0.29) is 11.9 Å². The Bertz CT molecular complexity index is 427. The highest BCUT2D eigenvalue weighted by atomic mass is 19.1. The van der Waals surface area contributed by atoms with Gasteiger partial charge in [-0.25, -0.2) is 4.39 Å². The maximum atomic E-state index is 14.4. The smallest absolute Gasteiger partial charge is 0.130 e. The van der Waals surface area contributed by atoms with Crippen LogP contribution in [-0.4, -0.2) is 19.6 Å². The van der Waals surface area contributed by atoms with Gasteiger partial charge in [-0.1, -0.05) is 33.8 Å². The van der Waals surface area contributed by atoms with Crippen molar-refractivity contribution in [2.45, 2.75) is 59.5 Å². The van der Waals surface area contributed by atoms with Gasteiger partial charge in [0.1, 0.15) is 5.82 Å². The van der Waals surface area contributed by atoms with Crippen LogP contribution in [-0.2, 0) is 0 Å². The van der Waals surface area contributed by atoms with Gasteiger partial charge in [0.2, 0.25) is 0 Å². The van der Waals surface area contributed by atoms with E-state index >= 15 is 0 Å². The fraction of sp³-hybridized carbons (Fsp3) is 0.667. The van der Waals surface area contributed by atoms with E-state index in [1.54, 1.807) is 6.07 Å². The first kappa shape index (κ1) is 18.0. The summed E-state index contributed by atoms with van der Waals surface area (Å²) in [5.74, 6) is 0.431. The van der Waals surface area contributed by atoms with Crippen molar-refractivity contribution in [3.63, 3.8) is 0 Å². The molecule has 1 aromatic rings. The monoisotopic (exact) mass is 294 g/mol. The highest BCUT2D eigenvalue weighted by Gasteiger charge is 2.23. The number of rotatable bonds is 8. The minimum absolute atomic E-state index is 0.00484. The zero-order valence-corrected chi connectivity index (χ0v) is 14.4. The lowest BCUT2D eigenvalue weighted by atomic mass is 10.00. The van der Waals surface area contributed by atoms with Crippen LogP contribution in [0.2, 0.25) is 0 Å². The summed E-state index contributed by atoms with van der Waals surface area (Å²) in [7, 11) is 1.88. The molecule has 1 unspecified atom stereocenters. The standard InChI is InChI=1S/C18H31FN2/c1-7-15(8-2)21(12-13(3)4)17-11-9-10-16(19)18(17)14(5)20-6/h9-11,13-15,20H,7-8,12H2,1-6H3. The van der Waals surface area contributed by atoms with Crippen LogP contribution in [0, 0.1) is 11.7 Å². The molecule has 0 spiro atoms. The Labute approximate surface area is 129 Å². The molecule has 3 heteroatoms. The van der Waals surface area contributed by atoms with E-state index in [1.807, 2.05) is 20.0 Å². The summed E-state index contributed by atoms with van der Waals surface area (Å²) in [6.07, 6.45) is 2.15. The van der Waals surface area contributed by atoms with E-state index < -0.39 is 0 Å². The van der Waals surface area contributed by atoms with Gasteiger partial charge in [-0.05, 0) is 44.9 Å². The van der Waals surface area contributed by atoms with Crippen molar-refractivity contribution >= 4 is 5.69 Å². The molecule has 1 aromatic carbocycles. The van der Waals surface area contributed by atoms with E-state index in [9.17, 15) is 4.39 Å². The molecular weight excluding hydrogens is 263 g/mol. The maximum absolute atomic E-state index is 14.4. The Kier molecular flexibility index (Phi) is 7.16. The Morgan fingerprint density at radius 2 is 1.76 bits per heavy atom. The number of hydrogen-bond donors (Lipinski definition) is 1. The molecule has 0 radical (unpaired) electrons. The van der Waals surface area contributed by atoms with Gasteiger partial charge in [-0.15, -0.1) is 0 Å². The van der Waals surface area contributed by atoms with Crippen molar-refractivity contribution in [1.82, 2.24) is 5.32 Å². The molecule has 0 amide bonds. The van der Waals surface area contributed by atoms with Crippen LogP contribution in [0.25, 0.3) is 0 Å². The summed E-state index contributed by atoms with van der Waals surface area (Å²) in [6, 6.07) is 5.91. The number of hydrogen-bond acceptors (Lipinski definition) is 2. The zero-order chi connectivity index (χ0) is 16.0. The van der Waals surface area contributed by atoms with Gasteiger partial charge in [0.05, 0.1) is 0 Å². The molecular formula is C18H31FN2. The van der Waals surface area contributed by atoms with Crippen molar-refractivity contribution in [2.75, 3.05) is 18.5 Å². The molecule has 0 fully saturated rings. The minimum Gasteiger partial charge on any atom is -0.368 e. The number of halogens is 1. The van der Waals surface area contributed by atoms with Crippen molar-refractivity contribution in [2.24, 2.45) is 5.92 Å². The molecule has 1 N–H and O–H groups in total. The highest BCUT2D eigenvalue weighted by Crippen LogP contribution is 2.32. The average Bonchev–Trinajstić information content (AvgIpc) is 2.46. The van der Waals surface area contributed by atoms with Gasteiger partial charge in [-0.3, -0.25) is 0 Å². The van der Waals surface area contributed by atoms with Gasteiger partial charge in [0, 0.05) is 29.9 Å². The third-order valence-corrected chi connectivity index (χ3v) is 4.15. The fourth-order valence-electron chi connectivity index (χ4n) is 2.92. The lowest BCUT2D eigenvalue weighted by molar-refractivity contribution is 0.497. The summed E-state index contributed by atoms with van der Waals surface area (Å²) in [5.41, 5.74) is 1.83. The van der Waals surface area contributed by atoms with E-state index in [0.717, 1.165) is 30.6 Å². The first-order valence-corrected chi connectivity index (χ1v) is 8.18. The zero-order valence-electron chi connectivity index (χ0n) is 14.4. The quantitative estimate of drug-likeness (QED) is 0.744. The molecule has 0 heterocycles. The lowest BCUT2D eigenvalue weighted by Gasteiger charge is -2.36. The van der Waals surface area contributed by atoms with Crippen molar-refractivity contribution in [3.8, 4) is 0 Å². The second-order valence-electron chi connectivity index (χ2n) is 6.20. The molecule has 2 nitrogen and oxygen atoms in total. The molecule has 1 rings (SSSR count). The fourth-order valence-corrected chi connectivity index (χ4v) is 2.92. The Balaban J connectivity index is 3.32. The van der Waals surface area contributed by atoms with Crippen LogP contribution in [0.15, 0.2) is 18.2 Å². The number of anilines is 1. The third-order valence-electron chi connectivity index (χ3n) is 4.15. The van der Waals surface area contributed by atoms with Crippen molar-refractivity contribution in [3.05, 3.63) is 29.6 Å². The number of nitrogens with zero attached hydrogens (tertiary/aromatic N) is 1. The molecule has 0 saturated carbocycles. The third kappa shape index (κ3) is 4.44. The number of nitrogens with one attached hydrogen (secondary N) is 1.